The van der Waals surface area contributed by atoms with Gasteiger partial charge in [0.05, 0.1) is 5.69 Å². The van der Waals surface area contributed by atoms with E-state index in [9.17, 15) is 14.4 Å². The minimum absolute atomic E-state index is 0.334. The number of nitrogens with zero attached hydrogens (tertiary/aromatic N) is 1. The number of hydrogen-bond donors (Lipinski definition) is 3. The molecule has 0 saturated carbocycles. The predicted octanol–water partition coefficient (Wildman–Crippen LogP) is -0.683. The number of H-pyrrole nitrogens is 2. The highest BCUT2D eigenvalue weighted by atomic mass is 16.5. The van der Waals surface area contributed by atoms with Gasteiger partial charge in [-0.3, -0.25) is 0 Å². The Morgan fingerprint density at radius 1 is 1.17 bits per heavy atom. The van der Waals surface area contributed by atoms with Crippen LogP contribution in [0.4, 0.5) is 0 Å². The zero-order valence-corrected chi connectivity index (χ0v) is 9.04. The van der Waals surface area contributed by atoms with E-state index in [1.165, 1.54) is 24.3 Å². The van der Waals surface area contributed by atoms with E-state index in [1.807, 2.05) is 0 Å². The first kappa shape index (κ1) is 11.7. The van der Waals surface area contributed by atoms with E-state index in [0.717, 1.165) is 4.57 Å². The van der Waals surface area contributed by atoms with Gasteiger partial charge in [-0.1, -0.05) is 0 Å². The van der Waals surface area contributed by atoms with E-state index in [0.29, 0.717) is 11.4 Å². The molecule has 94 valence electrons. The Balaban J connectivity index is 2.25. The van der Waals surface area contributed by atoms with Crippen molar-refractivity contribution in [3.8, 4) is 11.4 Å². The van der Waals surface area contributed by atoms with Gasteiger partial charge in [0.15, 0.2) is 6.61 Å². The number of hydrogen-bond acceptors (Lipinski definition) is 4. The van der Waals surface area contributed by atoms with Crippen LogP contribution in [0.15, 0.2) is 33.9 Å². The summed E-state index contributed by atoms with van der Waals surface area (Å²) in [4.78, 5) is 32.9. The Morgan fingerprint density at radius 3 is 2.22 bits per heavy atom. The number of carboxylic acids is 1. The van der Waals surface area contributed by atoms with Crippen LogP contribution in [0.25, 0.3) is 5.69 Å². The molecule has 2 aromatic rings. The molecule has 0 unspecified atom stereocenters. The molecule has 0 atom stereocenters. The minimum Gasteiger partial charge on any atom is -0.482 e. The standard InChI is InChI=1S/C10H9N3O5/c14-8(15)5-18-7-3-1-6(2-4-7)13-9(16)11-12-10(13)17/h1-4H,5H2,(H,11,16)(H,12,17)(H,14,15). The first-order valence-corrected chi connectivity index (χ1v) is 4.92. The van der Waals surface area contributed by atoms with Crippen LogP contribution in [0.5, 0.6) is 5.75 Å². The molecule has 0 aliphatic rings. The average molecular weight is 251 g/mol. The van der Waals surface area contributed by atoms with Gasteiger partial charge in [-0.2, -0.15) is 0 Å². The molecule has 1 aromatic heterocycles. The quantitative estimate of drug-likeness (QED) is 0.665. The summed E-state index contributed by atoms with van der Waals surface area (Å²) in [5, 5.41) is 12.7. The molecule has 3 N–H and O–H groups in total. The molecule has 0 spiro atoms. The second kappa shape index (κ2) is 4.62. The van der Waals surface area contributed by atoms with Gasteiger partial charge in [-0.15, -0.1) is 0 Å². The second-order valence-corrected chi connectivity index (χ2v) is 3.37. The fraction of sp³-hybridized carbons (Fsp3) is 0.100. The lowest BCUT2D eigenvalue weighted by Crippen LogP contribution is -2.24. The SMILES string of the molecule is O=C(O)COc1ccc(-n2c(=O)[nH][nH]c2=O)cc1. The molecule has 2 rings (SSSR count). The maximum absolute atomic E-state index is 11.3. The summed E-state index contributed by atoms with van der Waals surface area (Å²) in [6.45, 7) is -0.454. The molecule has 0 radical (unpaired) electrons. The summed E-state index contributed by atoms with van der Waals surface area (Å²) in [7, 11) is 0. The zero-order valence-electron chi connectivity index (χ0n) is 9.04. The molecule has 8 heteroatoms. The third-order valence-corrected chi connectivity index (χ3v) is 2.14. The van der Waals surface area contributed by atoms with Gasteiger partial charge in [-0.05, 0) is 24.3 Å². The fourth-order valence-corrected chi connectivity index (χ4v) is 1.38. The summed E-state index contributed by atoms with van der Waals surface area (Å²) in [5.74, 6) is -0.751. The number of aliphatic carboxylic acids is 1. The van der Waals surface area contributed by atoms with E-state index in [1.54, 1.807) is 0 Å². The van der Waals surface area contributed by atoms with Gasteiger partial charge >= 0.3 is 17.3 Å². The summed E-state index contributed by atoms with van der Waals surface area (Å²) in [6.07, 6.45) is 0. The summed E-state index contributed by atoms with van der Waals surface area (Å²) in [5.41, 5.74) is -0.816. The zero-order chi connectivity index (χ0) is 13.1. The van der Waals surface area contributed by atoms with Crippen LogP contribution in [0, 0.1) is 0 Å². The molecule has 0 aliphatic heterocycles. The van der Waals surface area contributed by atoms with Crippen molar-refractivity contribution in [1.82, 2.24) is 14.8 Å². The number of nitrogens with one attached hydrogen (secondary N) is 2. The monoisotopic (exact) mass is 251 g/mol. The summed E-state index contributed by atoms with van der Waals surface area (Å²) < 4.78 is 5.82. The molecule has 8 nitrogen and oxygen atoms in total. The van der Waals surface area contributed by atoms with Gasteiger partial charge in [0.1, 0.15) is 5.75 Å². The van der Waals surface area contributed by atoms with Gasteiger partial charge < -0.3 is 9.84 Å². The van der Waals surface area contributed by atoms with Gasteiger partial charge in [0.2, 0.25) is 0 Å². The maximum Gasteiger partial charge on any atom is 0.348 e. The van der Waals surface area contributed by atoms with Crippen molar-refractivity contribution in [2.24, 2.45) is 0 Å². The first-order valence-electron chi connectivity index (χ1n) is 4.92. The molecule has 0 amide bonds. The van der Waals surface area contributed by atoms with Gasteiger partial charge in [0, 0.05) is 0 Å². The molecule has 0 bridgehead atoms. The normalized spacial score (nSPS) is 10.2. The average Bonchev–Trinajstić information content (AvgIpc) is 2.67. The highest BCUT2D eigenvalue weighted by Crippen LogP contribution is 2.13. The Bertz CT molecular complexity index is 636. The van der Waals surface area contributed by atoms with Crippen molar-refractivity contribution in [3.05, 3.63) is 45.2 Å². The van der Waals surface area contributed by atoms with E-state index in [-0.39, 0.29) is 0 Å². The van der Waals surface area contributed by atoms with Crippen LogP contribution in [-0.2, 0) is 4.79 Å². The van der Waals surface area contributed by atoms with E-state index in [4.69, 9.17) is 9.84 Å². The third kappa shape index (κ3) is 2.32. The third-order valence-electron chi connectivity index (χ3n) is 2.14. The van der Waals surface area contributed by atoms with Crippen LogP contribution in [0.2, 0.25) is 0 Å². The number of ether oxygens (including phenoxy) is 1. The Hall–Kier alpha value is -2.77. The smallest absolute Gasteiger partial charge is 0.348 e. The van der Waals surface area contributed by atoms with Crippen LogP contribution in [0.3, 0.4) is 0 Å². The lowest BCUT2D eigenvalue weighted by Gasteiger charge is -2.04. The van der Waals surface area contributed by atoms with Crippen molar-refractivity contribution in [2.75, 3.05) is 6.61 Å². The Labute approximate surface area is 99.4 Å². The number of aromatic nitrogens is 3. The molecular weight excluding hydrogens is 242 g/mol. The summed E-state index contributed by atoms with van der Waals surface area (Å²) in [6, 6.07) is 5.89. The Morgan fingerprint density at radius 2 is 1.72 bits per heavy atom. The number of aromatic amines is 2. The van der Waals surface area contributed by atoms with Crippen molar-refractivity contribution in [2.45, 2.75) is 0 Å². The maximum atomic E-state index is 11.3. The molecule has 18 heavy (non-hydrogen) atoms. The summed E-state index contributed by atoms with van der Waals surface area (Å²) >= 11 is 0. The van der Waals surface area contributed by atoms with Gasteiger partial charge in [-0.25, -0.2) is 29.1 Å². The molecular formula is C10H9N3O5. The molecule has 0 aliphatic carbocycles. The highest BCUT2D eigenvalue weighted by Gasteiger charge is 2.06. The molecule has 1 heterocycles. The van der Waals surface area contributed by atoms with Crippen molar-refractivity contribution >= 4 is 5.97 Å². The highest BCUT2D eigenvalue weighted by molar-refractivity contribution is 5.68. The predicted molar refractivity (Wildman–Crippen MR) is 60.1 cm³/mol. The van der Waals surface area contributed by atoms with E-state index >= 15 is 0 Å². The minimum atomic E-state index is -1.09. The Kier molecular flexibility index (Phi) is 3.00. The lowest BCUT2D eigenvalue weighted by molar-refractivity contribution is -0.139. The second-order valence-electron chi connectivity index (χ2n) is 3.37. The van der Waals surface area contributed by atoms with Crippen molar-refractivity contribution in [1.29, 1.82) is 0 Å². The van der Waals surface area contributed by atoms with Crippen LogP contribution in [0.1, 0.15) is 0 Å². The largest absolute Gasteiger partial charge is 0.482 e. The van der Waals surface area contributed by atoms with Crippen molar-refractivity contribution < 1.29 is 14.6 Å². The van der Waals surface area contributed by atoms with Crippen LogP contribution >= 0.6 is 0 Å². The molecule has 0 fully saturated rings. The fourth-order valence-electron chi connectivity index (χ4n) is 1.38. The van der Waals surface area contributed by atoms with Crippen molar-refractivity contribution in [3.63, 3.8) is 0 Å². The number of rotatable bonds is 4. The lowest BCUT2D eigenvalue weighted by atomic mass is 10.3. The molecule has 1 aromatic carbocycles. The number of carbonyl (C=O) groups is 1. The van der Waals surface area contributed by atoms with Gasteiger partial charge in [0.25, 0.3) is 0 Å². The van der Waals surface area contributed by atoms with E-state index in [2.05, 4.69) is 10.2 Å². The number of carboxylic acid groups (broad SMARTS) is 1. The first-order chi connectivity index (χ1) is 8.58. The topological polar surface area (TPSA) is 117 Å². The van der Waals surface area contributed by atoms with Crippen LogP contribution in [-0.4, -0.2) is 32.4 Å². The van der Waals surface area contributed by atoms with Crippen LogP contribution < -0.4 is 16.1 Å². The number of benzene rings is 1. The van der Waals surface area contributed by atoms with E-state index < -0.39 is 24.0 Å². The molecule has 0 saturated heterocycles.